The summed E-state index contributed by atoms with van der Waals surface area (Å²) in [6.45, 7) is 3.99. The Bertz CT molecular complexity index is 1030. The molecule has 0 unspecified atom stereocenters. The number of nitrogens with zero attached hydrogens (tertiary/aromatic N) is 4. The number of fused-ring (bicyclic) bond motifs is 1. The molecule has 0 fully saturated rings. The minimum Gasteiger partial charge on any atom is -0.491 e. The van der Waals surface area contributed by atoms with Crippen molar-refractivity contribution in [1.29, 1.82) is 0 Å². The standard InChI is InChI=1S/C19H16Cl2N4OS/c1-11(2)26-14-5-3-4-13(8-14)18-22-23-19-25(18)24-17(10-27-19)12-6-7-15(20)16(21)9-12/h3-9,11H,10H2,1-2H3. The van der Waals surface area contributed by atoms with Crippen LogP contribution in [0.25, 0.3) is 11.4 Å². The first kappa shape index (κ1) is 18.3. The topological polar surface area (TPSA) is 52.3 Å². The van der Waals surface area contributed by atoms with Crippen molar-refractivity contribution >= 4 is 40.7 Å². The second kappa shape index (κ2) is 7.54. The molecule has 1 aliphatic heterocycles. The Morgan fingerprint density at radius 3 is 2.67 bits per heavy atom. The first-order valence-corrected chi connectivity index (χ1v) is 10.1. The fraction of sp³-hybridized carbons (Fsp3) is 0.211. The van der Waals surface area contributed by atoms with Crippen molar-refractivity contribution in [2.75, 3.05) is 5.75 Å². The summed E-state index contributed by atoms with van der Waals surface area (Å²) in [6, 6.07) is 13.3. The molecule has 2 heterocycles. The molecule has 8 heteroatoms. The number of aromatic nitrogens is 3. The van der Waals surface area contributed by atoms with E-state index in [9.17, 15) is 0 Å². The number of thioether (sulfide) groups is 1. The molecule has 138 valence electrons. The highest BCUT2D eigenvalue weighted by Crippen LogP contribution is 2.31. The van der Waals surface area contributed by atoms with Gasteiger partial charge in [0.05, 0.1) is 21.9 Å². The maximum Gasteiger partial charge on any atom is 0.212 e. The fourth-order valence-electron chi connectivity index (χ4n) is 2.71. The van der Waals surface area contributed by atoms with Crippen LogP contribution < -0.4 is 4.74 Å². The van der Waals surface area contributed by atoms with Gasteiger partial charge in [-0.1, -0.05) is 53.2 Å². The average molecular weight is 419 g/mol. The average Bonchev–Trinajstić information content (AvgIpc) is 3.07. The van der Waals surface area contributed by atoms with E-state index in [1.54, 1.807) is 22.5 Å². The molecule has 0 spiro atoms. The summed E-state index contributed by atoms with van der Waals surface area (Å²) < 4.78 is 7.55. The maximum atomic E-state index is 6.16. The number of ether oxygens (including phenoxy) is 1. The van der Waals surface area contributed by atoms with Gasteiger partial charge in [0.2, 0.25) is 5.16 Å². The molecular weight excluding hydrogens is 403 g/mol. The molecule has 0 N–H and O–H groups in total. The van der Waals surface area contributed by atoms with Crippen LogP contribution in [0.15, 0.2) is 52.7 Å². The highest BCUT2D eigenvalue weighted by Gasteiger charge is 2.21. The third-order valence-corrected chi connectivity index (χ3v) is 5.56. The first-order chi connectivity index (χ1) is 13.0. The smallest absolute Gasteiger partial charge is 0.212 e. The summed E-state index contributed by atoms with van der Waals surface area (Å²) >= 11 is 13.8. The van der Waals surface area contributed by atoms with Gasteiger partial charge in [-0.2, -0.15) is 9.78 Å². The van der Waals surface area contributed by atoms with Gasteiger partial charge in [0.1, 0.15) is 5.75 Å². The van der Waals surface area contributed by atoms with E-state index in [4.69, 9.17) is 33.0 Å². The molecule has 0 amide bonds. The Balaban J connectivity index is 1.73. The number of benzene rings is 2. The van der Waals surface area contributed by atoms with E-state index in [2.05, 4.69) is 10.2 Å². The Morgan fingerprint density at radius 1 is 1.04 bits per heavy atom. The number of halogens is 2. The van der Waals surface area contributed by atoms with Crippen molar-refractivity contribution in [2.45, 2.75) is 25.1 Å². The Hall–Kier alpha value is -2.02. The Morgan fingerprint density at radius 2 is 1.89 bits per heavy atom. The lowest BCUT2D eigenvalue weighted by Crippen LogP contribution is -2.13. The molecule has 0 radical (unpaired) electrons. The second-order valence-electron chi connectivity index (χ2n) is 6.28. The van der Waals surface area contributed by atoms with Crippen LogP contribution in [-0.4, -0.2) is 32.4 Å². The van der Waals surface area contributed by atoms with Gasteiger partial charge in [-0.3, -0.25) is 0 Å². The molecular formula is C19H16Cl2N4OS. The largest absolute Gasteiger partial charge is 0.491 e. The number of rotatable bonds is 4. The monoisotopic (exact) mass is 418 g/mol. The van der Waals surface area contributed by atoms with E-state index in [1.807, 2.05) is 50.2 Å². The van der Waals surface area contributed by atoms with Gasteiger partial charge in [0.25, 0.3) is 0 Å². The fourth-order valence-corrected chi connectivity index (χ4v) is 3.84. The summed E-state index contributed by atoms with van der Waals surface area (Å²) in [5, 5.41) is 15.1. The van der Waals surface area contributed by atoms with Crippen molar-refractivity contribution in [3.8, 4) is 17.1 Å². The van der Waals surface area contributed by atoms with Crippen molar-refractivity contribution < 1.29 is 4.74 Å². The van der Waals surface area contributed by atoms with Gasteiger partial charge in [-0.15, -0.1) is 10.2 Å². The van der Waals surface area contributed by atoms with Crippen molar-refractivity contribution in [3.05, 3.63) is 58.1 Å². The second-order valence-corrected chi connectivity index (χ2v) is 8.03. The van der Waals surface area contributed by atoms with E-state index in [-0.39, 0.29) is 6.10 Å². The van der Waals surface area contributed by atoms with E-state index in [0.717, 1.165) is 27.7 Å². The van der Waals surface area contributed by atoms with E-state index >= 15 is 0 Å². The molecule has 5 nitrogen and oxygen atoms in total. The lowest BCUT2D eigenvalue weighted by molar-refractivity contribution is 0.242. The van der Waals surface area contributed by atoms with Crippen LogP contribution in [-0.2, 0) is 0 Å². The van der Waals surface area contributed by atoms with Crippen LogP contribution in [0.2, 0.25) is 10.0 Å². The van der Waals surface area contributed by atoms with Crippen LogP contribution in [0.1, 0.15) is 19.4 Å². The van der Waals surface area contributed by atoms with E-state index in [0.29, 0.717) is 21.6 Å². The summed E-state index contributed by atoms with van der Waals surface area (Å²) in [5.74, 6) is 2.15. The molecule has 3 aromatic rings. The van der Waals surface area contributed by atoms with Gasteiger partial charge in [-0.25, -0.2) is 0 Å². The van der Waals surface area contributed by atoms with Gasteiger partial charge in [0, 0.05) is 16.9 Å². The molecule has 0 saturated carbocycles. The quantitative estimate of drug-likeness (QED) is 0.569. The van der Waals surface area contributed by atoms with Gasteiger partial charge in [0.15, 0.2) is 5.82 Å². The highest BCUT2D eigenvalue weighted by molar-refractivity contribution is 7.99. The van der Waals surface area contributed by atoms with Gasteiger partial charge < -0.3 is 4.74 Å². The third kappa shape index (κ3) is 3.83. The predicted molar refractivity (Wildman–Crippen MR) is 110 cm³/mol. The van der Waals surface area contributed by atoms with Crippen molar-refractivity contribution in [2.24, 2.45) is 5.10 Å². The maximum absolute atomic E-state index is 6.16. The summed E-state index contributed by atoms with van der Waals surface area (Å²) in [5.41, 5.74) is 2.72. The van der Waals surface area contributed by atoms with Crippen LogP contribution >= 0.6 is 35.0 Å². The molecule has 4 rings (SSSR count). The zero-order chi connectivity index (χ0) is 19.0. The molecule has 0 bridgehead atoms. The third-order valence-electron chi connectivity index (χ3n) is 3.89. The molecule has 1 aliphatic rings. The van der Waals surface area contributed by atoms with Crippen molar-refractivity contribution in [3.63, 3.8) is 0 Å². The zero-order valence-corrected chi connectivity index (χ0v) is 17.0. The zero-order valence-electron chi connectivity index (χ0n) is 14.7. The minimum absolute atomic E-state index is 0.0994. The van der Waals surface area contributed by atoms with E-state index in [1.165, 1.54) is 0 Å². The normalized spacial score (nSPS) is 13.4. The molecule has 0 saturated heterocycles. The first-order valence-electron chi connectivity index (χ1n) is 8.40. The minimum atomic E-state index is 0.0994. The summed E-state index contributed by atoms with van der Waals surface area (Å²) in [4.78, 5) is 0. The predicted octanol–water partition coefficient (Wildman–Crippen LogP) is 5.40. The SMILES string of the molecule is CC(C)Oc1cccc(-c2nnc3n2N=C(c2ccc(Cl)c(Cl)c2)CS3)c1. The molecule has 0 atom stereocenters. The molecule has 0 aliphatic carbocycles. The molecule has 27 heavy (non-hydrogen) atoms. The summed E-state index contributed by atoms with van der Waals surface area (Å²) in [7, 11) is 0. The van der Waals surface area contributed by atoms with Gasteiger partial charge in [-0.05, 0) is 38.1 Å². The van der Waals surface area contributed by atoms with Crippen LogP contribution in [0.5, 0.6) is 5.75 Å². The molecule has 2 aromatic carbocycles. The lowest BCUT2D eigenvalue weighted by atomic mass is 10.1. The summed E-state index contributed by atoms with van der Waals surface area (Å²) in [6.07, 6.45) is 0.0994. The van der Waals surface area contributed by atoms with Gasteiger partial charge >= 0.3 is 0 Å². The van der Waals surface area contributed by atoms with Crippen LogP contribution in [0.4, 0.5) is 0 Å². The lowest BCUT2D eigenvalue weighted by Gasteiger charge is -2.15. The number of hydrogen-bond acceptors (Lipinski definition) is 5. The number of hydrogen-bond donors (Lipinski definition) is 0. The Labute approximate surface area is 171 Å². The van der Waals surface area contributed by atoms with Crippen LogP contribution in [0, 0.1) is 0 Å². The van der Waals surface area contributed by atoms with E-state index < -0.39 is 0 Å². The molecule has 1 aromatic heterocycles. The van der Waals surface area contributed by atoms with Crippen LogP contribution in [0.3, 0.4) is 0 Å². The van der Waals surface area contributed by atoms with Crippen molar-refractivity contribution in [1.82, 2.24) is 14.9 Å². The highest BCUT2D eigenvalue weighted by atomic mass is 35.5. The Kier molecular flexibility index (Phi) is 5.12.